The number of hydrogen-bond acceptors (Lipinski definition) is 2. The van der Waals surface area contributed by atoms with E-state index in [1.807, 2.05) is 6.92 Å². The Morgan fingerprint density at radius 1 is 1.28 bits per heavy atom. The number of nitrogens with two attached hydrogens (primary N) is 1. The van der Waals surface area contributed by atoms with E-state index in [0.29, 0.717) is 5.92 Å². The van der Waals surface area contributed by atoms with Gasteiger partial charge in [0.2, 0.25) is 0 Å². The van der Waals surface area contributed by atoms with Crippen LogP contribution in [0.4, 0.5) is 0 Å². The van der Waals surface area contributed by atoms with Gasteiger partial charge in [-0.1, -0.05) is 38.0 Å². The molecule has 2 nitrogen and oxygen atoms in total. The van der Waals surface area contributed by atoms with E-state index in [1.54, 1.807) is 0 Å². The summed E-state index contributed by atoms with van der Waals surface area (Å²) in [6.07, 6.45) is 3.30. The molecule has 102 valence electrons. The molecule has 0 saturated carbocycles. The lowest BCUT2D eigenvalue weighted by atomic mass is 10.0. The van der Waals surface area contributed by atoms with E-state index in [0.717, 1.165) is 18.8 Å². The van der Waals surface area contributed by atoms with E-state index in [1.165, 1.54) is 24.0 Å². The molecular formula is C16H27NO. The monoisotopic (exact) mass is 249 g/mol. The maximum Gasteiger partial charge on any atom is 0.122 e. The summed E-state index contributed by atoms with van der Waals surface area (Å²) in [5, 5.41) is 0. The fourth-order valence-corrected chi connectivity index (χ4v) is 2.16. The molecule has 0 aromatic heterocycles. The number of hydrogen-bond donors (Lipinski definition) is 1. The van der Waals surface area contributed by atoms with Gasteiger partial charge in [0.25, 0.3) is 0 Å². The first-order valence-electron chi connectivity index (χ1n) is 7.00. The van der Waals surface area contributed by atoms with Crippen LogP contribution < -0.4 is 10.5 Å². The average Bonchev–Trinajstić information content (AvgIpc) is 2.27. The molecule has 1 rings (SSSR count). The van der Waals surface area contributed by atoms with E-state index in [-0.39, 0.29) is 6.04 Å². The van der Waals surface area contributed by atoms with E-state index in [2.05, 4.69) is 39.0 Å². The minimum Gasteiger partial charge on any atom is -0.493 e. The highest BCUT2D eigenvalue weighted by molar-refractivity contribution is 5.37. The molecule has 0 spiro atoms. The summed E-state index contributed by atoms with van der Waals surface area (Å²) in [6.45, 7) is 9.38. The van der Waals surface area contributed by atoms with Crippen LogP contribution in [0.2, 0.25) is 0 Å². The van der Waals surface area contributed by atoms with Crippen molar-refractivity contribution in [2.24, 2.45) is 11.7 Å². The van der Waals surface area contributed by atoms with Crippen LogP contribution in [0.3, 0.4) is 0 Å². The van der Waals surface area contributed by atoms with Gasteiger partial charge in [-0.3, -0.25) is 0 Å². The van der Waals surface area contributed by atoms with Gasteiger partial charge in [0.1, 0.15) is 5.75 Å². The average molecular weight is 249 g/mol. The second-order valence-corrected chi connectivity index (χ2v) is 5.50. The van der Waals surface area contributed by atoms with Gasteiger partial charge >= 0.3 is 0 Å². The van der Waals surface area contributed by atoms with Crippen LogP contribution in [-0.2, 0) is 6.42 Å². The van der Waals surface area contributed by atoms with Crippen molar-refractivity contribution >= 4 is 0 Å². The van der Waals surface area contributed by atoms with Crippen LogP contribution in [0.1, 0.15) is 44.7 Å². The zero-order chi connectivity index (χ0) is 13.5. The first kappa shape index (κ1) is 15.0. The maximum absolute atomic E-state index is 5.95. The normalized spacial score (nSPS) is 14.3. The third-order valence-electron chi connectivity index (χ3n) is 3.06. The third kappa shape index (κ3) is 5.09. The van der Waals surface area contributed by atoms with Crippen LogP contribution in [0.15, 0.2) is 18.2 Å². The molecule has 2 N–H and O–H groups in total. The Labute approximate surface area is 112 Å². The van der Waals surface area contributed by atoms with E-state index in [4.69, 9.17) is 10.5 Å². The largest absolute Gasteiger partial charge is 0.493 e. The van der Waals surface area contributed by atoms with Crippen LogP contribution in [0, 0.1) is 12.8 Å². The van der Waals surface area contributed by atoms with Crippen molar-refractivity contribution in [3.05, 3.63) is 29.3 Å². The van der Waals surface area contributed by atoms with Crippen LogP contribution in [0.25, 0.3) is 0 Å². The molecule has 0 aliphatic rings. The zero-order valence-corrected chi connectivity index (χ0v) is 12.2. The lowest BCUT2D eigenvalue weighted by molar-refractivity contribution is 0.249. The summed E-state index contributed by atoms with van der Waals surface area (Å²) < 4.78 is 5.95. The Balaban J connectivity index is 2.68. The molecule has 0 saturated heterocycles. The molecule has 0 aliphatic heterocycles. The highest BCUT2D eigenvalue weighted by Crippen LogP contribution is 2.22. The SMILES string of the molecule is CCCC(C)COc1ccc(C)cc1CC(C)N. The Bertz CT molecular complexity index is 360. The quantitative estimate of drug-likeness (QED) is 0.799. The number of aryl methyl sites for hydroxylation is 1. The Morgan fingerprint density at radius 2 is 2.00 bits per heavy atom. The van der Waals surface area contributed by atoms with Crippen molar-refractivity contribution in [1.29, 1.82) is 0 Å². The third-order valence-corrected chi connectivity index (χ3v) is 3.06. The van der Waals surface area contributed by atoms with E-state index in [9.17, 15) is 0 Å². The van der Waals surface area contributed by atoms with Gasteiger partial charge in [-0.2, -0.15) is 0 Å². The molecule has 0 fully saturated rings. The summed E-state index contributed by atoms with van der Waals surface area (Å²) in [4.78, 5) is 0. The van der Waals surface area contributed by atoms with Gasteiger partial charge in [-0.15, -0.1) is 0 Å². The summed E-state index contributed by atoms with van der Waals surface area (Å²) in [7, 11) is 0. The molecule has 0 bridgehead atoms. The fourth-order valence-electron chi connectivity index (χ4n) is 2.16. The summed E-state index contributed by atoms with van der Waals surface area (Å²) >= 11 is 0. The second-order valence-electron chi connectivity index (χ2n) is 5.50. The Hall–Kier alpha value is -1.02. The standard InChI is InChI=1S/C16H27NO/c1-5-6-13(3)11-18-16-8-7-12(2)9-15(16)10-14(4)17/h7-9,13-14H,5-6,10-11,17H2,1-4H3. The van der Waals surface area contributed by atoms with Gasteiger partial charge in [0.05, 0.1) is 6.61 Å². The van der Waals surface area contributed by atoms with Crippen molar-refractivity contribution in [1.82, 2.24) is 0 Å². The molecule has 2 heteroatoms. The smallest absolute Gasteiger partial charge is 0.122 e. The highest BCUT2D eigenvalue weighted by Gasteiger charge is 2.08. The summed E-state index contributed by atoms with van der Waals surface area (Å²) in [5.41, 5.74) is 8.39. The molecule has 2 unspecified atom stereocenters. The Kier molecular flexibility index (Phi) is 6.20. The molecule has 2 atom stereocenters. The topological polar surface area (TPSA) is 35.2 Å². The minimum atomic E-state index is 0.169. The highest BCUT2D eigenvalue weighted by atomic mass is 16.5. The number of benzene rings is 1. The molecule has 1 aromatic rings. The van der Waals surface area contributed by atoms with Crippen LogP contribution >= 0.6 is 0 Å². The molecular weight excluding hydrogens is 222 g/mol. The fraction of sp³-hybridized carbons (Fsp3) is 0.625. The van der Waals surface area contributed by atoms with Crippen LogP contribution in [0.5, 0.6) is 5.75 Å². The molecule has 1 aromatic carbocycles. The van der Waals surface area contributed by atoms with Crippen LogP contribution in [-0.4, -0.2) is 12.6 Å². The lowest BCUT2D eigenvalue weighted by Crippen LogP contribution is -2.19. The zero-order valence-electron chi connectivity index (χ0n) is 12.2. The number of ether oxygens (including phenoxy) is 1. The van der Waals surface area contributed by atoms with E-state index < -0.39 is 0 Å². The first-order valence-corrected chi connectivity index (χ1v) is 7.00. The van der Waals surface area contributed by atoms with Gasteiger partial charge in [-0.05, 0) is 44.2 Å². The van der Waals surface area contributed by atoms with Gasteiger partial charge in [0, 0.05) is 6.04 Å². The van der Waals surface area contributed by atoms with Crippen molar-refractivity contribution in [2.45, 2.75) is 53.0 Å². The molecule has 0 radical (unpaired) electrons. The molecule has 0 amide bonds. The van der Waals surface area contributed by atoms with Crippen molar-refractivity contribution in [3.8, 4) is 5.75 Å². The second kappa shape index (κ2) is 7.42. The van der Waals surface area contributed by atoms with Gasteiger partial charge in [0.15, 0.2) is 0 Å². The van der Waals surface area contributed by atoms with Crippen molar-refractivity contribution in [2.75, 3.05) is 6.61 Å². The maximum atomic E-state index is 5.95. The van der Waals surface area contributed by atoms with Crippen molar-refractivity contribution in [3.63, 3.8) is 0 Å². The van der Waals surface area contributed by atoms with Crippen molar-refractivity contribution < 1.29 is 4.74 Å². The summed E-state index contributed by atoms with van der Waals surface area (Å²) in [6, 6.07) is 6.53. The summed E-state index contributed by atoms with van der Waals surface area (Å²) in [5.74, 6) is 1.61. The predicted molar refractivity (Wildman–Crippen MR) is 78.1 cm³/mol. The number of rotatable bonds is 7. The minimum absolute atomic E-state index is 0.169. The predicted octanol–water partition coefficient (Wildman–Crippen LogP) is 3.70. The molecule has 18 heavy (non-hydrogen) atoms. The van der Waals surface area contributed by atoms with Gasteiger partial charge < -0.3 is 10.5 Å². The molecule has 0 heterocycles. The lowest BCUT2D eigenvalue weighted by Gasteiger charge is -2.16. The van der Waals surface area contributed by atoms with Gasteiger partial charge in [-0.25, -0.2) is 0 Å². The first-order chi connectivity index (χ1) is 8.52. The molecule has 0 aliphatic carbocycles. The van der Waals surface area contributed by atoms with E-state index >= 15 is 0 Å². The Morgan fingerprint density at radius 3 is 2.61 bits per heavy atom.